The first-order chi connectivity index (χ1) is 17.1. The van der Waals surface area contributed by atoms with Crippen molar-refractivity contribution in [1.29, 1.82) is 0 Å². The number of hydrogen-bond acceptors (Lipinski definition) is 7. The molecule has 0 aliphatic heterocycles. The van der Waals surface area contributed by atoms with Gasteiger partial charge in [-0.3, -0.25) is 9.78 Å². The SMILES string of the molecule is COc1ccc(-c2cc(C(=O)Nc3ccc(OCc4ccncc4)cc3)c3c(C)noc3n2)cc1. The summed E-state index contributed by atoms with van der Waals surface area (Å²) in [6, 6.07) is 20.2. The number of nitrogens with zero attached hydrogens (tertiary/aromatic N) is 3. The van der Waals surface area contributed by atoms with Gasteiger partial charge in [-0.1, -0.05) is 5.16 Å². The molecule has 3 aromatic heterocycles. The predicted molar refractivity (Wildman–Crippen MR) is 131 cm³/mol. The summed E-state index contributed by atoms with van der Waals surface area (Å²) in [5.74, 6) is 1.14. The van der Waals surface area contributed by atoms with Gasteiger partial charge in [-0.15, -0.1) is 0 Å². The maximum Gasteiger partial charge on any atom is 0.259 e. The molecule has 8 nitrogen and oxygen atoms in total. The third kappa shape index (κ3) is 4.81. The molecule has 1 amide bonds. The van der Waals surface area contributed by atoms with Gasteiger partial charge < -0.3 is 19.3 Å². The van der Waals surface area contributed by atoms with E-state index in [4.69, 9.17) is 14.0 Å². The van der Waals surface area contributed by atoms with E-state index in [-0.39, 0.29) is 5.91 Å². The summed E-state index contributed by atoms with van der Waals surface area (Å²) in [5, 5.41) is 7.53. The first-order valence-corrected chi connectivity index (χ1v) is 11.0. The van der Waals surface area contributed by atoms with Gasteiger partial charge in [0, 0.05) is 23.6 Å². The second kappa shape index (κ2) is 9.64. The summed E-state index contributed by atoms with van der Waals surface area (Å²) in [5.41, 5.74) is 4.41. The molecule has 0 radical (unpaired) electrons. The van der Waals surface area contributed by atoms with Gasteiger partial charge in [-0.05, 0) is 79.2 Å². The van der Waals surface area contributed by atoms with Crippen LogP contribution in [-0.4, -0.2) is 28.1 Å². The number of benzene rings is 2. The number of amides is 1. The van der Waals surface area contributed by atoms with E-state index in [0.717, 1.165) is 16.9 Å². The van der Waals surface area contributed by atoms with E-state index in [1.54, 1.807) is 44.6 Å². The monoisotopic (exact) mass is 466 g/mol. The van der Waals surface area contributed by atoms with Crippen LogP contribution in [0.15, 0.2) is 83.6 Å². The summed E-state index contributed by atoms with van der Waals surface area (Å²) >= 11 is 0. The zero-order chi connectivity index (χ0) is 24.2. The largest absolute Gasteiger partial charge is 0.497 e. The summed E-state index contributed by atoms with van der Waals surface area (Å²) < 4.78 is 16.4. The molecule has 2 aromatic carbocycles. The second-order valence-corrected chi connectivity index (χ2v) is 7.85. The van der Waals surface area contributed by atoms with Crippen molar-refractivity contribution < 1.29 is 18.8 Å². The van der Waals surface area contributed by atoms with Gasteiger partial charge in [0.25, 0.3) is 11.6 Å². The minimum atomic E-state index is -0.288. The molecule has 174 valence electrons. The lowest BCUT2D eigenvalue weighted by Gasteiger charge is -2.10. The molecule has 1 N–H and O–H groups in total. The van der Waals surface area contributed by atoms with Crippen molar-refractivity contribution >= 4 is 22.7 Å². The highest BCUT2D eigenvalue weighted by Gasteiger charge is 2.19. The summed E-state index contributed by atoms with van der Waals surface area (Å²) in [6.45, 7) is 2.22. The van der Waals surface area contributed by atoms with Crippen molar-refractivity contribution in [3.05, 3.63) is 95.9 Å². The van der Waals surface area contributed by atoms with Gasteiger partial charge in [0.05, 0.1) is 29.4 Å². The second-order valence-electron chi connectivity index (χ2n) is 7.85. The van der Waals surface area contributed by atoms with Gasteiger partial charge in [-0.25, -0.2) is 4.98 Å². The Kier molecular flexibility index (Phi) is 6.09. The lowest BCUT2D eigenvalue weighted by molar-refractivity contribution is 0.102. The highest BCUT2D eigenvalue weighted by atomic mass is 16.5. The van der Waals surface area contributed by atoms with E-state index in [1.807, 2.05) is 48.5 Å². The number of carbonyl (C=O) groups is 1. The zero-order valence-electron chi connectivity index (χ0n) is 19.2. The third-order valence-electron chi connectivity index (χ3n) is 5.51. The van der Waals surface area contributed by atoms with E-state index < -0.39 is 0 Å². The Morgan fingerprint density at radius 1 is 0.971 bits per heavy atom. The average Bonchev–Trinajstić information content (AvgIpc) is 3.29. The van der Waals surface area contributed by atoms with Crippen LogP contribution >= 0.6 is 0 Å². The van der Waals surface area contributed by atoms with Crippen molar-refractivity contribution in [2.24, 2.45) is 0 Å². The molecule has 0 aliphatic carbocycles. The number of methoxy groups -OCH3 is 1. The molecule has 0 atom stereocenters. The lowest BCUT2D eigenvalue weighted by atomic mass is 10.0. The molecule has 0 aliphatic rings. The Labute approximate surface area is 201 Å². The Hall–Kier alpha value is -4.72. The van der Waals surface area contributed by atoms with Gasteiger partial charge in [0.15, 0.2) is 0 Å². The number of pyridine rings is 2. The average molecular weight is 466 g/mol. The summed E-state index contributed by atoms with van der Waals surface area (Å²) in [7, 11) is 1.61. The first-order valence-electron chi connectivity index (χ1n) is 11.0. The Morgan fingerprint density at radius 3 is 2.40 bits per heavy atom. The minimum Gasteiger partial charge on any atom is -0.497 e. The van der Waals surface area contributed by atoms with Crippen LogP contribution in [0.5, 0.6) is 11.5 Å². The van der Waals surface area contributed by atoms with E-state index in [0.29, 0.717) is 46.1 Å². The Bertz CT molecular complexity index is 1460. The van der Waals surface area contributed by atoms with Gasteiger partial charge in [-0.2, -0.15) is 0 Å². The molecule has 0 unspecified atom stereocenters. The molecule has 0 bridgehead atoms. The molecule has 5 aromatic rings. The van der Waals surface area contributed by atoms with E-state index in [2.05, 4.69) is 20.4 Å². The molecular weight excluding hydrogens is 444 g/mol. The molecule has 8 heteroatoms. The lowest BCUT2D eigenvalue weighted by Crippen LogP contribution is -2.13. The number of fused-ring (bicyclic) bond motifs is 1. The normalized spacial score (nSPS) is 10.8. The first kappa shape index (κ1) is 22.1. The van der Waals surface area contributed by atoms with Crippen molar-refractivity contribution in [1.82, 2.24) is 15.1 Å². The standard InChI is InChI=1S/C27H22N4O4/c1-17-25-23(15-24(30-27(25)35-31-17)19-3-7-21(33-2)8-4-19)26(32)29-20-5-9-22(10-6-20)34-16-18-11-13-28-14-12-18/h3-15H,16H2,1-2H3,(H,29,32). The van der Waals surface area contributed by atoms with Gasteiger partial charge >= 0.3 is 0 Å². The van der Waals surface area contributed by atoms with Crippen LogP contribution in [0.1, 0.15) is 21.6 Å². The van der Waals surface area contributed by atoms with E-state index in [9.17, 15) is 4.79 Å². The number of nitrogens with one attached hydrogen (secondary N) is 1. The molecule has 0 fully saturated rings. The van der Waals surface area contributed by atoms with Crippen LogP contribution in [0, 0.1) is 6.92 Å². The van der Waals surface area contributed by atoms with Crippen LogP contribution < -0.4 is 14.8 Å². The number of ether oxygens (including phenoxy) is 2. The van der Waals surface area contributed by atoms with Gasteiger partial charge in [0.2, 0.25) is 0 Å². The van der Waals surface area contributed by atoms with Crippen LogP contribution in [0.25, 0.3) is 22.4 Å². The molecule has 0 spiro atoms. The minimum absolute atomic E-state index is 0.288. The number of carbonyl (C=O) groups excluding carboxylic acids is 1. The van der Waals surface area contributed by atoms with Crippen LogP contribution in [-0.2, 0) is 6.61 Å². The van der Waals surface area contributed by atoms with Crippen molar-refractivity contribution in [2.45, 2.75) is 13.5 Å². The number of anilines is 1. The third-order valence-corrected chi connectivity index (χ3v) is 5.51. The molecular formula is C27H22N4O4. The molecule has 0 saturated heterocycles. The van der Waals surface area contributed by atoms with Crippen molar-refractivity contribution in [2.75, 3.05) is 12.4 Å². The fourth-order valence-corrected chi connectivity index (χ4v) is 3.66. The Balaban J connectivity index is 1.37. The number of rotatable bonds is 7. The highest BCUT2D eigenvalue weighted by molar-refractivity contribution is 6.13. The molecule has 5 rings (SSSR count). The number of aryl methyl sites for hydroxylation is 1. The fraction of sp³-hybridized carbons (Fsp3) is 0.111. The number of aromatic nitrogens is 3. The van der Waals surface area contributed by atoms with Crippen molar-refractivity contribution in [3.8, 4) is 22.8 Å². The topological polar surface area (TPSA) is 99.4 Å². The highest BCUT2D eigenvalue weighted by Crippen LogP contribution is 2.29. The molecule has 0 saturated carbocycles. The molecule has 3 heterocycles. The Morgan fingerprint density at radius 2 is 1.69 bits per heavy atom. The molecule has 35 heavy (non-hydrogen) atoms. The smallest absolute Gasteiger partial charge is 0.259 e. The zero-order valence-corrected chi connectivity index (χ0v) is 19.2. The quantitative estimate of drug-likeness (QED) is 0.341. The summed E-state index contributed by atoms with van der Waals surface area (Å²) in [4.78, 5) is 21.9. The predicted octanol–water partition coefficient (Wildman–Crippen LogP) is 5.43. The fourth-order valence-electron chi connectivity index (χ4n) is 3.66. The van der Waals surface area contributed by atoms with E-state index in [1.165, 1.54) is 0 Å². The van der Waals surface area contributed by atoms with Crippen LogP contribution in [0.3, 0.4) is 0 Å². The maximum absolute atomic E-state index is 13.3. The summed E-state index contributed by atoms with van der Waals surface area (Å²) in [6.07, 6.45) is 3.45. The van der Waals surface area contributed by atoms with E-state index >= 15 is 0 Å². The van der Waals surface area contributed by atoms with Gasteiger partial charge in [0.1, 0.15) is 18.1 Å². The van der Waals surface area contributed by atoms with Crippen LogP contribution in [0.2, 0.25) is 0 Å². The maximum atomic E-state index is 13.3. The van der Waals surface area contributed by atoms with Crippen molar-refractivity contribution in [3.63, 3.8) is 0 Å². The number of hydrogen-bond donors (Lipinski definition) is 1. The van der Waals surface area contributed by atoms with Crippen LogP contribution in [0.4, 0.5) is 5.69 Å².